The highest BCUT2D eigenvalue weighted by Crippen LogP contribution is 2.14. The Morgan fingerprint density at radius 1 is 1.22 bits per heavy atom. The average Bonchev–Trinajstić information content (AvgIpc) is 3.02. The van der Waals surface area contributed by atoms with Crippen molar-refractivity contribution in [3.05, 3.63) is 30.6 Å². The molecule has 0 bridgehead atoms. The molecule has 3 rings (SSSR count). The molecule has 0 radical (unpaired) electrons. The summed E-state index contributed by atoms with van der Waals surface area (Å²) < 4.78 is 25.0. The molecule has 1 aliphatic heterocycles. The van der Waals surface area contributed by atoms with Crippen LogP contribution in [0.5, 0.6) is 0 Å². The molecule has 0 spiro atoms. The van der Waals surface area contributed by atoms with E-state index in [4.69, 9.17) is 9.47 Å². The van der Waals surface area contributed by atoms with Crippen LogP contribution in [0.25, 0.3) is 11.4 Å². The van der Waals surface area contributed by atoms with Crippen molar-refractivity contribution >= 4 is 0 Å². The van der Waals surface area contributed by atoms with Gasteiger partial charge in [0.25, 0.3) is 0 Å². The highest BCUT2D eigenvalue weighted by Gasteiger charge is 2.17. The molecule has 3 heterocycles. The number of aromatic nitrogens is 4. The van der Waals surface area contributed by atoms with Gasteiger partial charge in [-0.15, -0.1) is 0 Å². The van der Waals surface area contributed by atoms with Gasteiger partial charge >= 0.3 is 0 Å². The second-order valence-electron chi connectivity index (χ2n) is 3.85. The van der Waals surface area contributed by atoms with Crippen LogP contribution >= 0.6 is 0 Å². The van der Waals surface area contributed by atoms with Gasteiger partial charge in [0.1, 0.15) is 0 Å². The van der Waals surface area contributed by atoms with Crippen molar-refractivity contribution in [3.8, 4) is 11.4 Å². The number of ether oxygens (including phenoxy) is 2. The third-order valence-electron chi connectivity index (χ3n) is 2.54. The van der Waals surface area contributed by atoms with Gasteiger partial charge in [0.2, 0.25) is 0 Å². The van der Waals surface area contributed by atoms with Crippen molar-refractivity contribution in [3.63, 3.8) is 0 Å². The Kier molecular flexibility index (Phi) is 2.99. The van der Waals surface area contributed by atoms with Crippen LogP contribution < -0.4 is 0 Å². The predicted octanol–water partition coefficient (Wildman–Crippen LogP) is 0.852. The first-order valence-corrected chi connectivity index (χ1v) is 5.55. The van der Waals surface area contributed by atoms with E-state index >= 15 is 0 Å². The smallest absolute Gasteiger partial charge is 0.177 e. The molecule has 6 nitrogen and oxygen atoms in total. The normalized spacial score (nSPS) is 16.3. The van der Waals surface area contributed by atoms with Crippen molar-refractivity contribution < 1.29 is 13.9 Å². The van der Waals surface area contributed by atoms with Gasteiger partial charge in [-0.3, -0.25) is 4.68 Å². The Labute approximate surface area is 102 Å². The molecular formula is C11H11FN4O2. The molecule has 0 amide bonds. The molecule has 18 heavy (non-hydrogen) atoms. The van der Waals surface area contributed by atoms with Crippen LogP contribution in [0.3, 0.4) is 0 Å². The molecule has 7 heteroatoms. The van der Waals surface area contributed by atoms with E-state index in [0.29, 0.717) is 25.6 Å². The summed E-state index contributed by atoms with van der Waals surface area (Å²) in [5.41, 5.74) is 0.730. The summed E-state index contributed by atoms with van der Waals surface area (Å²) in [5.74, 6) is -0.0187. The molecule has 1 saturated heterocycles. The van der Waals surface area contributed by atoms with Crippen molar-refractivity contribution in [1.82, 2.24) is 19.7 Å². The lowest BCUT2D eigenvalue weighted by Crippen LogP contribution is -2.16. The van der Waals surface area contributed by atoms with E-state index in [1.54, 1.807) is 17.1 Å². The van der Waals surface area contributed by atoms with E-state index < -0.39 is 5.82 Å². The maximum Gasteiger partial charge on any atom is 0.177 e. The van der Waals surface area contributed by atoms with E-state index in [9.17, 15) is 4.39 Å². The van der Waals surface area contributed by atoms with E-state index in [2.05, 4.69) is 15.1 Å². The van der Waals surface area contributed by atoms with Gasteiger partial charge in [-0.25, -0.2) is 14.4 Å². The first-order chi connectivity index (χ1) is 8.81. The average molecular weight is 250 g/mol. The topological polar surface area (TPSA) is 62.1 Å². The van der Waals surface area contributed by atoms with Crippen LogP contribution in [0.1, 0.15) is 0 Å². The summed E-state index contributed by atoms with van der Waals surface area (Å²) in [6.07, 6.45) is 5.40. The number of nitrogens with zero attached hydrogens (tertiary/aromatic N) is 4. The quantitative estimate of drug-likeness (QED) is 0.808. The summed E-state index contributed by atoms with van der Waals surface area (Å²) in [5, 5.41) is 4.16. The summed E-state index contributed by atoms with van der Waals surface area (Å²) in [6, 6.07) is 0. The van der Waals surface area contributed by atoms with Gasteiger partial charge in [-0.05, 0) is 0 Å². The zero-order valence-corrected chi connectivity index (χ0v) is 9.49. The lowest BCUT2D eigenvalue weighted by molar-refractivity contribution is -0.0545. The van der Waals surface area contributed by atoms with Gasteiger partial charge < -0.3 is 9.47 Å². The minimum atomic E-state index is -0.459. The zero-order valence-electron chi connectivity index (χ0n) is 9.49. The number of hydrogen-bond acceptors (Lipinski definition) is 5. The monoisotopic (exact) mass is 250 g/mol. The Hall–Kier alpha value is -1.86. The molecule has 94 valence electrons. The van der Waals surface area contributed by atoms with Crippen LogP contribution in [-0.2, 0) is 16.0 Å². The van der Waals surface area contributed by atoms with Crippen molar-refractivity contribution in [2.45, 2.75) is 12.8 Å². The summed E-state index contributed by atoms with van der Waals surface area (Å²) in [4.78, 5) is 7.78. The second-order valence-corrected chi connectivity index (χ2v) is 3.85. The standard InChI is InChI=1S/C11H11FN4O2/c12-9-4-13-11(14-5-9)8-3-15-16(6-8)7-10-17-1-2-18-10/h3-6,10H,1-2,7H2. The lowest BCUT2D eigenvalue weighted by Gasteiger charge is -2.07. The Morgan fingerprint density at radius 2 is 1.94 bits per heavy atom. The van der Waals surface area contributed by atoms with Crippen molar-refractivity contribution in [2.75, 3.05) is 13.2 Å². The SMILES string of the molecule is Fc1cnc(-c2cnn(CC3OCCO3)c2)nc1. The maximum absolute atomic E-state index is 12.7. The first-order valence-electron chi connectivity index (χ1n) is 5.55. The van der Waals surface area contributed by atoms with Gasteiger partial charge in [0, 0.05) is 6.20 Å². The fourth-order valence-electron chi connectivity index (χ4n) is 1.71. The molecule has 0 unspecified atom stereocenters. The van der Waals surface area contributed by atoms with Crippen molar-refractivity contribution in [1.29, 1.82) is 0 Å². The summed E-state index contributed by atoms with van der Waals surface area (Å²) >= 11 is 0. The number of halogens is 1. The largest absolute Gasteiger partial charge is 0.348 e. The number of rotatable bonds is 3. The van der Waals surface area contributed by atoms with Crippen LogP contribution in [0, 0.1) is 5.82 Å². The Balaban J connectivity index is 1.74. The fraction of sp³-hybridized carbons (Fsp3) is 0.364. The Bertz CT molecular complexity index is 522. The molecule has 0 N–H and O–H groups in total. The maximum atomic E-state index is 12.7. The summed E-state index contributed by atoms with van der Waals surface area (Å²) in [6.45, 7) is 1.74. The van der Waals surface area contributed by atoms with Crippen LogP contribution in [-0.4, -0.2) is 39.3 Å². The van der Waals surface area contributed by atoms with Crippen LogP contribution in [0.2, 0.25) is 0 Å². The van der Waals surface area contributed by atoms with Gasteiger partial charge in [-0.2, -0.15) is 5.10 Å². The first kappa shape index (κ1) is 11.2. The van der Waals surface area contributed by atoms with Gasteiger partial charge in [0.05, 0.1) is 43.9 Å². The zero-order chi connectivity index (χ0) is 12.4. The lowest BCUT2D eigenvalue weighted by atomic mass is 10.3. The highest BCUT2D eigenvalue weighted by molar-refractivity contribution is 5.51. The molecule has 2 aromatic rings. The number of hydrogen-bond donors (Lipinski definition) is 0. The minimum absolute atomic E-state index is 0.258. The van der Waals surface area contributed by atoms with E-state index in [1.807, 2.05) is 0 Å². The Morgan fingerprint density at radius 3 is 2.67 bits per heavy atom. The second kappa shape index (κ2) is 4.79. The molecule has 1 fully saturated rings. The highest BCUT2D eigenvalue weighted by atomic mass is 19.1. The van der Waals surface area contributed by atoms with Gasteiger partial charge in [-0.1, -0.05) is 0 Å². The molecule has 0 aromatic carbocycles. The van der Waals surface area contributed by atoms with E-state index in [0.717, 1.165) is 18.0 Å². The molecule has 0 atom stereocenters. The molecular weight excluding hydrogens is 239 g/mol. The molecule has 2 aromatic heterocycles. The molecule has 0 saturated carbocycles. The molecule has 1 aliphatic rings. The predicted molar refractivity (Wildman–Crippen MR) is 58.9 cm³/mol. The van der Waals surface area contributed by atoms with Crippen molar-refractivity contribution in [2.24, 2.45) is 0 Å². The van der Waals surface area contributed by atoms with Gasteiger partial charge in [0.15, 0.2) is 17.9 Å². The third-order valence-corrected chi connectivity index (χ3v) is 2.54. The summed E-state index contributed by atoms with van der Waals surface area (Å²) in [7, 11) is 0. The minimum Gasteiger partial charge on any atom is -0.348 e. The fourth-order valence-corrected chi connectivity index (χ4v) is 1.71. The third kappa shape index (κ3) is 2.36. The van der Waals surface area contributed by atoms with E-state index in [-0.39, 0.29) is 6.29 Å². The molecule has 0 aliphatic carbocycles. The van der Waals surface area contributed by atoms with E-state index in [1.165, 1.54) is 0 Å². The van der Waals surface area contributed by atoms with Crippen LogP contribution in [0.4, 0.5) is 4.39 Å². The van der Waals surface area contributed by atoms with Crippen LogP contribution in [0.15, 0.2) is 24.8 Å².